The molecule has 2 fully saturated rings. The van der Waals surface area contributed by atoms with Crippen LogP contribution in [0.1, 0.15) is 75.3 Å². The fourth-order valence-corrected chi connectivity index (χ4v) is 6.08. The second-order valence-electron chi connectivity index (χ2n) is 12.6. The van der Waals surface area contributed by atoms with Gasteiger partial charge in [-0.05, 0) is 71.4 Å². The van der Waals surface area contributed by atoms with E-state index in [0.29, 0.717) is 38.0 Å². The van der Waals surface area contributed by atoms with Crippen molar-refractivity contribution in [3.8, 4) is 0 Å². The molecule has 2 saturated heterocycles. The minimum Gasteiger partial charge on any atom is -0.444 e. The molecule has 0 spiro atoms. The number of ether oxygens (including phenoxy) is 2. The predicted molar refractivity (Wildman–Crippen MR) is 153 cm³/mol. The fraction of sp³-hybridized carbons (Fsp3) is 0.613. The van der Waals surface area contributed by atoms with E-state index in [2.05, 4.69) is 42.3 Å². The van der Waals surface area contributed by atoms with E-state index in [4.69, 9.17) is 14.5 Å². The van der Waals surface area contributed by atoms with Crippen LogP contribution in [0.2, 0.25) is 0 Å². The molecule has 1 aromatic carbocycles. The van der Waals surface area contributed by atoms with E-state index in [1.165, 1.54) is 0 Å². The normalized spacial score (nSPS) is 23.9. The minimum absolute atomic E-state index is 0.0416. The molecule has 9 heteroatoms. The van der Waals surface area contributed by atoms with Crippen LogP contribution in [0.15, 0.2) is 30.5 Å². The van der Waals surface area contributed by atoms with Crippen LogP contribution in [0.4, 0.5) is 10.7 Å². The van der Waals surface area contributed by atoms with Gasteiger partial charge in [-0.1, -0.05) is 29.8 Å². The lowest BCUT2D eigenvalue weighted by Gasteiger charge is -2.42. The number of aryl methyl sites for hydroxylation is 1. The van der Waals surface area contributed by atoms with Crippen molar-refractivity contribution in [3.63, 3.8) is 0 Å². The molecule has 9 nitrogen and oxygen atoms in total. The van der Waals surface area contributed by atoms with Crippen molar-refractivity contribution in [1.29, 1.82) is 0 Å². The van der Waals surface area contributed by atoms with Crippen molar-refractivity contribution in [1.82, 2.24) is 19.8 Å². The van der Waals surface area contributed by atoms with Gasteiger partial charge in [-0.3, -0.25) is 4.79 Å². The number of nitrogens with one attached hydrogen (secondary N) is 1. The highest BCUT2D eigenvalue weighted by Gasteiger charge is 2.41. The van der Waals surface area contributed by atoms with Gasteiger partial charge in [0.05, 0.1) is 12.2 Å². The van der Waals surface area contributed by atoms with E-state index in [1.54, 1.807) is 4.90 Å². The fourth-order valence-electron chi connectivity index (χ4n) is 6.08. The summed E-state index contributed by atoms with van der Waals surface area (Å²) in [6.07, 6.45) is 4.78. The Labute approximate surface area is 237 Å². The first-order chi connectivity index (χ1) is 19.1. The zero-order chi connectivity index (χ0) is 28.4. The van der Waals surface area contributed by atoms with E-state index < -0.39 is 5.60 Å². The van der Waals surface area contributed by atoms with Gasteiger partial charge in [-0.2, -0.15) is 0 Å². The largest absolute Gasteiger partial charge is 0.444 e. The van der Waals surface area contributed by atoms with Crippen LogP contribution in [-0.2, 0) is 27.2 Å². The Hall–Kier alpha value is -3.20. The van der Waals surface area contributed by atoms with Gasteiger partial charge >= 0.3 is 6.09 Å². The lowest BCUT2D eigenvalue weighted by molar-refractivity contribution is -0.141. The first-order valence-corrected chi connectivity index (χ1v) is 14.6. The molecule has 0 unspecified atom stereocenters. The molecule has 2 amide bonds. The van der Waals surface area contributed by atoms with Gasteiger partial charge in [0, 0.05) is 56.4 Å². The molecule has 2 aromatic rings. The number of likely N-dealkylation sites (tertiary alicyclic amines) is 1. The molecule has 0 aliphatic carbocycles. The Morgan fingerprint density at radius 1 is 1.15 bits per heavy atom. The molecule has 1 N–H and O–H groups in total. The van der Waals surface area contributed by atoms with Crippen molar-refractivity contribution in [2.24, 2.45) is 5.92 Å². The molecule has 40 heavy (non-hydrogen) atoms. The van der Waals surface area contributed by atoms with Crippen LogP contribution in [-0.4, -0.2) is 75.8 Å². The highest BCUT2D eigenvalue weighted by atomic mass is 16.6. The van der Waals surface area contributed by atoms with Crippen molar-refractivity contribution >= 4 is 17.9 Å². The van der Waals surface area contributed by atoms with Crippen LogP contribution >= 0.6 is 0 Å². The Morgan fingerprint density at radius 2 is 1.93 bits per heavy atom. The Kier molecular flexibility index (Phi) is 8.31. The van der Waals surface area contributed by atoms with E-state index >= 15 is 0 Å². The monoisotopic (exact) mass is 549 g/mol. The number of piperidine rings is 1. The Balaban J connectivity index is 1.35. The molecule has 3 atom stereocenters. The van der Waals surface area contributed by atoms with Crippen molar-refractivity contribution in [2.75, 3.05) is 31.6 Å². The summed E-state index contributed by atoms with van der Waals surface area (Å²) in [5.41, 5.74) is 3.67. The highest BCUT2D eigenvalue weighted by Crippen LogP contribution is 2.37. The molecule has 4 heterocycles. The maximum atomic E-state index is 14.3. The van der Waals surface area contributed by atoms with E-state index in [9.17, 15) is 9.59 Å². The molecule has 5 rings (SSSR count). The average molecular weight is 550 g/mol. The SMILES string of the molecule is Cc1cccc([C@@H]2CN(C(=O)OC(C)(C)C)CC[C@H]2C(=O)N2Cc3nc(NC4CCOCC4)ncc3C[C@H]2C)c1. The molecule has 3 aliphatic rings. The second-order valence-corrected chi connectivity index (χ2v) is 12.6. The van der Waals surface area contributed by atoms with Crippen LogP contribution < -0.4 is 5.32 Å². The van der Waals surface area contributed by atoms with Gasteiger partial charge in [-0.15, -0.1) is 0 Å². The summed E-state index contributed by atoms with van der Waals surface area (Å²) in [5.74, 6) is 0.409. The second kappa shape index (κ2) is 11.7. The minimum atomic E-state index is -0.570. The first-order valence-electron chi connectivity index (χ1n) is 14.6. The number of fused-ring (bicyclic) bond motifs is 1. The van der Waals surface area contributed by atoms with E-state index in [-0.39, 0.29) is 29.9 Å². The number of amides is 2. The van der Waals surface area contributed by atoms with E-state index in [0.717, 1.165) is 54.9 Å². The van der Waals surface area contributed by atoms with Crippen LogP contribution in [0.5, 0.6) is 0 Å². The predicted octanol–water partition coefficient (Wildman–Crippen LogP) is 4.69. The van der Waals surface area contributed by atoms with Crippen molar-refractivity contribution in [3.05, 3.63) is 52.8 Å². The molecule has 3 aliphatic heterocycles. The summed E-state index contributed by atoms with van der Waals surface area (Å²) in [7, 11) is 0. The summed E-state index contributed by atoms with van der Waals surface area (Å²) in [6, 6.07) is 8.65. The lowest BCUT2D eigenvalue weighted by atomic mass is 9.79. The summed E-state index contributed by atoms with van der Waals surface area (Å²) in [4.78, 5) is 40.4. The van der Waals surface area contributed by atoms with Gasteiger partial charge in [-0.25, -0.2) is 14.8 Å². The third-order valence-corrected chi connectivity index (χ3v) is 8.21. The number of hydrogen-bond donors (Lipinski definition) is 1. The molecule has 0 saturated carbocycles. The highest BCUT2D eigenvalue weighted by molar-refractivity contribution is 5.81. The third kappa shape index (κ3) is 6.57. The number of benzene rings is 1. The third-order valence-electron chi connectivity index (χ3n) is 8.21. The number of nitrogens with zero attached hydrogens (tertiary/aromatic N) is 4. The maximum absolute atomic E-state index is 14.3. The van der Waals surface area contributed by atoms with Crippen LogP contribution in [0.25, 0.3) is 0 Å². The number of carbonyl (C=O) groups excluding carboxylic acids is 2. The zero-order valence-electron chi connectivity index (χ0n) is 24.5. The molecular weight excluding hydrogens is 506 g/mol. The zero-order valence-corrected chi connectivity index (χ0v) is 24.5. The van der Waals surface area contributed by atoms with Gasteiger partial charge in [0.15, 0.2) is 0 Å². The first kappa shape index (κ1) is 28.3. The lowest BCUT2D eigenvalue weighted by Crippen LogP contribution is -2.52. The van der Waals surface area contributed by atoms with Gasteiger partial charge in [0.2, 0.25) is 11.9 Å². The summed E-state index contributed by atoms with van der Waals surface area (Å²) in [5, 5.41) is 3.46. The average Bonchev–Trinajstić information content (AvgIpc) is 2.92. The maximum Gasteiger partial charge on any atom is 0.410 e. The van der Waals surface area contributed by atoms with Crippen molar-refractivity contribution < 1.29 is 19.1 Å². The summed E-state index contributed by atoms with van der Waals surface area (Å²) < 4.78 is 11.2. The topological polar surface area (TPSA) is 96.9 Å². The number of aromatic nitrogens is 2. The number of carbonyl (C=O) groups is 2. The quantitative estimate of drug-likeness (QED) is 0.591. The number of rotatable bonds is 4. The standard InChI is InChI=1S/C31H43N5O4/c1-20-7-6-8-22(15-20)26-18-35(30(38)40-31(3,4)5)12-9-25(26)28(37)36-19-27-23(16-21(36)2)17-32-29(34-27)33-24-10-13-39-14-11-24/h6-8,15,17,21,24-26H,9-14,16,18-19H2,1-5H3,(H,32,33,34)/t21-,25-,26+/m1/s1. The smallest absolute Gasteiger partial charge is 0.410 e. The van der Waals surface area contributed by atoms with Gasteiger partial charge in [0.25, 0.3) is 0 Å². The molecule has 216 valence electrons. The summed E-state index contributed by atoms with van der Waals surface area (Å²) >= 11 is 0. The van der Waals surface area contributed by atoms with Crippen LogP contribution in [0.3, 0.4) is 0 Å². The molecule has 1 aromatic heterocycles. The van der Waals surface area contributed by atoms with Crippen molar-refractivity contribution in [2.45, 2.75) is 90.4 Å². The Morgan fingerprint density at radius 3 is 2.65 bits per heavy atom. The van der Waals surface area contributed by atoms with E-state index in [1.807, 2.05) is 37.9 Å². The Bertz CT molecular complexity index is 1220. The summed E-state index contributed by atoms with van der Waals surface area (Å²) in [6.45, 7) is 12.7. The molecule has 0 radical (unpaired) electrons. The number of anilines is 1. The molecular formula is C31H43N5O4. The molecule has 0 bridgehead atoms. The van der Waals surface area contributed by atoms with Crippen LogP contribution in [0, 0.1) is 12.8 Å². The van der Waals surface area contributed by atoms with Gasteiger partial charge < -0.3 is 24.6 Å². The number of hydrogen-bond acceptors (Lipinski definition) is 7. The van der Waals surface area contributed by atoms with Gasteiger partial charge in [0.1, 0.15) is 5.60 Å².